The lowest BCUT2D eigenvalue weighted by Crippen LogP contribution is -2.24. The van der Waals surface area contributed by atoms with Gasteiger partial charge in [0.05, 0.1) is 0 Å². The third-order valence-corrected chi connectivity index (χ3v) is 4.26. The van der Waals surface area contributed by atoms with Gasteiger partial charge in [-0.05, 0) is 25.7 Å². The van der Waals surface area contributed by atoms with Crippen LogP contribution in [0.2, 0.25) is 0 Å². The molecule has 0 fully saturated rings. The van der Waals surface area contributed by atoms with E-state index >= 15 is 0 Å². The minimum absolute atomic E-state index is 0.160. The second-order valence-corrected chi connectivity index (χ2v) is 6.73. The Balaban J connectivity index is 3.20. The van der Waals surface area contributed by atoms with Gasteiger partial charge >= 0.3 is 0 Å². The quantitative estimate of drug-likeness (QED) is 0.365. The van der Waals surface area contributed by atoms with Crippen molar-refractivity contribution >= 4 is 11.8 Å². The van der Waals surface area contributed by atoms with Gasteiger partial charge in [-0.3, -0.25) is 9.59 Å². The van der Waals surface area contributed by atoms with E-state index in [1.165, 1.54) is 25.7 Å². The Kier molecular flexibility index (Phi) is 18.4. The number of hydrogen-bond acceptors (Lipinski definition) is 3. The molecule has 0 spiro atoms. The zero-order chi connectivity index (χ0) is 18.6. The van der Waals surface area contributed by atoms with Gasteiger partial charge in [0.25, 0.3) is 0 Å². The van der Waals surface area contributed by atoms with Crippen molar-refractivity contribution in [2.24, 2.45) is 0 Å². The first-order chi connectivity index (χ1) is 12.2. The van der Waals surface area contributed by atoms with E-state index in [0.29, 0.717) is 26.0 Å². The molecule has 0 atom stereocenters. The molecule has 2 N–H and O–H groups in total. The van der Waals surface area contributed by atoms with Crippen molar-refractivity contribution in [3.63, 3.8) is 0 Å². The van der Waals surface area contributed by atoms with Gasteiger partial charge in [-0.2, -0.15) is 0 Å². The lowest BCUT2D eigenvalue weighted by Gasteiger charge is -2.05. The van der Waals surface area contributed by atoms with Crippen LogP contribution in [0.3, 0.4) is 0 Å². The van der Waals surface area contributed by atoms with Gasteiger partial charge in [0.1, 0.15) is 0 Å². The molecule has 0 heterocycles. The maximum atomic E-state index is 11.6. The molecule has 25 heavy (non-hydrogen) atoms. The first-order valence-corrected chi connectivity index (χ1v) is 10.2. The van der Waals surface area contributed by atoms with Gasteiger partial charge < -0.3 is 15.4 Å². The third kappa shape index (κ3) is 19.1. The summed E-state index contributed by atoms with van der Waals surface area (Å²) in [5, 5.41) is 5.88. The second kappa shape index (κ2) is 19.2. The average Bonchev–Trinajstić information content (AvgIpc) is 2.60. The van der Waals surface area contributed by atoms with Gasteiger partial charge in [0.15, 0.2) is 0 Å². The highest BCUT2D eigenvalue weighted by Gasteiger charge is 2.01. The largest absolute Gasteiger partial charge is 0.385 e. The Morgan fingerprint density at radius 1 is 0.680 bits per heavy atom. The lowest BCUT2D eigenvalue weighted by atomic mass is 10.1. The Morgan fingerprint density at radius 3 is 1.56 bits per heavy atom. The Labute approximate surface area is 154 Å². The van der Waals surface area contributed by atoms with Crippen LogP contribution in [0.15, 0.2) is 0 Å². The number of nitrogens with one attached hydrogen (secondary N) is 2. The molecule has 0 unspecified atom stereocenters. The summed E-state index contributed by atoms with van der Waals surface area (Å²) in [6.45, 7) is 4.36. The van der Waals surface area contributed by atoms with Crippen molar-refractivity contribution in [2.75, 3.05) is 26.8 Å². The van der Waals surface area contributed by atoms with Crippen LogP contribution in [0.4, 0.5) is 0 Å². The van der Waals surface area contributed by atoms with Crippen LogP contribution in [-0.4, -0.2) is 38.6 Å². The molecular weight excluding hydrogens is 316 g/mol. The van der Waals surface area contributed by atoms with Crippen LogP contribution in [0.25, 0.3) is 0 Å². The molecule has 0 aliphatic rings. The van der Waals surface area contributed by atoms with Crippen molar-refractivity contribution in [3.8, 4) is 0 Å². The summed E-state index contributed by atoms with van der Waals surface area (Å²) in [6, 6.07) is 0. The molecule has 0 saturated carbocycles. The monoisotopic (exact) mass is 356 g/mol. The minimum atomic E-state index is 0.160. The number of carbonyl (C=O) groups is 2. The van der Waals surface area contributed by atoms with Gasteiger partial charge in [-0.15, -0.1) is 0 Å². The van der Waals surface area contributed by atoms with E-state index < -0.39 is 0 Å². The summed E-state index contributed by atoms with van der Waals surface area (Å²) in [6.07, 6.45) is 13.5. The zero-order valence-corrected chi connectivity index (χ0v) is 16.5. The van der Waals surface area contributed by atoms with E-state index in [-0.39, 0.29) is 11.8 Å². The van der Waals surface area contributed by atoms with Crippen LogP contribution >= 0.6 is 0 Å². The number of rotatable bonds is 18. The van der Waals surface area contributed by atoms with E-state index in [9.17, 15) is 9.59 Å². The first-order valence-electron chi connectivity index (χ1n) is 10.2. The van der Waals surface area contributed by atoms with Gasteiger partial charge in [-0.25, -0.2) is 0 Å². The molecule has 0 saturated heterocycles. The van der Waals surface area contributed by atoms with Gasteiger partial charge in [0.2, 0.25) is 11.8 Å². The fraction of sp³-hybridized carbons (Fsp3) is 0.900. The zero-order valence-electron chi connectivity index (χ0n) is 16.5. The van der Waals surface area contributed by atoms with Crippen LogP contribution in [-0.2, 0) is 14.3 Å². The van der Waals surface area contributed by atoms with Crippen molar-refractivity contribution < 1.29 is 14.3 Å². The van der Waals surface area contributed by atoms with E-state index in [1.807, 2.05) is 0 Å². The maximum absolute atomic E-state index is 11.6. The molecule has 148 valence electrons. The Bertz CT molecular complexity index is 322. The summed E-state index contributed by atoms with van der Waals surface area (Å²) in [5.74, 6) is 0.363. The van der Waals surface area contributed by atoms with Crippen LogP contribution < -0.4 is 10.6 Å². The maximum Gasteiger partial charge on any atom is 0.219 e. The SMILES string of the molecule is CCCCNC(=O)CCCCCCCCCCC(=O)NCCCOC. The van der Waals surface area contributed by atoms with Gasteiger partial charge in [0, 0.05) is 39.6 Å². The summed E-state index contributed by atoms with van der Waals surface area (Å²) < 4.78 is 4.94. The van der Waals surface area contributed by atoms with Crippen LogP contribution in [0, 0.1) is 0 Å². The van der Waals surface area contributed by atoms with Crippen molar-refractivity contribution in [1.82, 2.24) is 10.6 Å². The van der Waals surface area contributed by atoms with Crippen LogP contribution in [0.5, 0.6) is 0 Å². The third-order valence-electron chi connectivity index (χ3n) is 4.26. The normalized spacial score (nSPS) is 10.6. The molecule has 0 aliphatic carbocycles. The molecule has 5 nitrogen and oxygen atoms in total. The highest BCUT2D eigenvalue weighted by molar-refractivity contribution is 5.76. The summed E-state index contributed by atoms with van der Waals surface area (Å²) in [5.41, 5.74) is 0. The Morgan fingerprint density at radius 2 is 1.12 bits per heavy atom. The lowest BCUT2D eigenvalue weighted by molar-refractivity contribution is -0.122. The molecule has 0 aromatic heterocycles. The second-order valence-electron chi connectivity index (χ2n) is 6.73. The highest BCUT2D eigenvalue weighted by atomic mass is 16.5. The summed E-state index contributed by atoms with van der Waals surface area (Å²) in [7, 11) is 1.67. The van der Waals surface area contributed by atoms with E-state index in [4.69, 9.17) is 4.74 Å². The Hall–Kier alpha value is -1.10. The summed E-state index contributed by atoms with van der Waals surface area (Å²) in [4.78, 5) is 23.1. The highest BCUT2D eigenvalue weighted by Crippen LogP contribution is 2.10. The molecule has 2 amide bonds. The fourth-order valence-electron chi connectivity index (χ4n) is 2.66. The topological polar surface area (TPSA) is 67.4 Å². The number of methoxy groups -OCH3 is 1. The molecular formula is C20H40N2O3. The first kappa shape index (κ1) is 23.9. The molecule has 0 rings (SSSR count). The minimum Gasteiger partial charge on any atom is -0.385 e. The van der Waals surface area contributed by atoms with E-state index in [1.54, 1.807) is 7.11 Å². The number of amides is 2. The number of unbranched alkanes of at least 4 members (excludes halogenated alkanes) is 8. The van der Waals surface area contributed by atoms with E-state index in [0.717, 1.165) is 51.5 Å². The molecule has 0 aliphatic heterocycles. The molecule has 5 heteroatoms. The van der Waals surface area contributed by atoms with Crippen LogP contribution in [0.1, 0.15) is 90.4 Å². The standard InChI is InChI=1S/C20H40N2O3/c1-3-4-16-21-19(23)14-11-9-7-5-6-8-10-12-15-20(24)22-17-13-18-25-2/h3-18H2,1-2H3,(H,21,23)(H,22,24). The predicted molar refractivity (Wildman–Crippen MR) is 104 cm³/mol. The molecule has 0 bridgehead atoms. The van der Waals surface area contributed by atoms with Crippen molar-refractivity contribution in [1.29, 1.82) is 0 Å². The smallest absolute Gasteiger partial charge is 0.219 e. The molecule has 0 radical (unpaired) electrons. The van der Waals surface area contributed by atoms with Crippen molar-refractivity contribution in [3.05, 3.63) is 0 Å². The average molecular weight is 357 g/mol. The number of ether oxygens (including phenoxy) is 1. The molecule has 0 aromatic rings. The van der Waals surface area contributed by atoms with Gasteiger partial charge in [-0.1, -0.05) is 51.9 Å². The fourth-order valence-corrected chi connectivity index (χ4v) is 2.66. The van der Waals surface area contributed by atoms with Crippen molar-refractivity contribution in [2.45, 2.75) is 90.4 Å². The summed E-state index contributed by atoms with van der Waals surface area (Å²) >= 11 is 0. The predicted octanol–water partition coefficient (Wildman–Crippen LogP) is 3.96. The number of carbonyl (C=O) groups excluding carboxylic acids is 2. The number of hydrogen-bond donors (Lipinski definition) is 2. The molecule has 0 aromatic carbocycles. The van der Waals surface area contributed by atoms with E-state index in [2.05, 4.69) is 17.6 Å².